The minimum Gasteiger partial charge on any atom is -0.490 e. The quantitative estimate of drug-likeness (QED) is 0.533. The number of halogens is 1. The van der Waals surface area contributed by atoms with E-state index in [1.165, 1.54) is 12.1 Å². The van der Waals surface area contributed by atoms with Crippen molar-refractivity contribution in [2.75, 3.05) is 19.8 Å². The summed E-state index contributed by atoms with van der Waals surface area (Å²) in [5.41, 5.74) is 0.200. The zero-order chi connectivity index (χ0) is 12.7. The topological polar surface area (TPSA) is 58.9 Å². The molecule has 0 saturated heterocycles. The molecule has 1 aromatic rings. The number of hydrogen-bond acceptors (Lipinski definition) is 4. The summed E-state index contributed by atoms with van der Waals surface area (Å²) < 4.78 is 23.6. The van der Waals surface area contributed by atoms with Crippen LogP contribution in [0.3, 0.4) is 0 Å². The van der Waals surface area contributed by atoms with Crippen LogP contribution < -0.4 is 10.2 Å². The lowest BCUT2D eigenvalue weighted by molar-refractivity contribution is 0.130. The van der Waals surface area contributed by atoms with Gasteiger partial charge in [0.1, 0.15) is 0 Å². The summed E-state index contributed by atoms with van der Waals surface area (Å²) in [5.74, 6) is -0.502. The van der Waals surface area contributed by atoms with Crippen LogP contribution in [0.15, 0.2) is 18.2 Å². The van der Waals surface area contributed by atoms with Gasteiger partial charge >= 0.3 is 7.12 Å². The van der Waals surface area contributed by atoms with Gasteiger partial charge in [0.05, 0.1) is 6.61 Å². The molecule has 0 unspecified atom stereocenters. The Kier molecular flexibility index (Phi) is 5.97. The SMILES string of the molecule is CCOCCCOc1cc(B(O)O)ccc1F. The van der Waals surface area contributed by atoms with Crippen LogP contribution in [-0.4, -0.2) is 37.0 Å². The van der Waals surface area contributed by atoms with E-state index in [9.17, 15) is 4.39 Å². The summed E-state index contributed by atoms with van der Waals surface area (Å²) in [4.78, 5) is 0. The van der Waals surface area contributed by atoms with Crippen LogP contribution in [0.25, 0.3) is 0 Å². The maximum Gasteiger partial charge on any atom is 0.488 e. The van der Waals surface area contributed by atoms with Crippen molar-refractivity contribution in [1.82, 2.24) is 0 Å². The van der Waals surface area contributed by atoms with Crippen molar-refractivity contribution in [2.45, 2.75) is 13.3 Å². The molecule has 0 spiro atoms. The van der Waals surface area contributed by atoms with Gasteiger partial charge in [-0.25, -0.2) is 4.39 Å². The normalized spacial score (nSPS) is 10.4. The maximum atomic E-state index is 13.3. The molecule has 0 saturated carbocycles. The molecule has 0 aliphatic heterocycles. The highest BCUT2D eigenvalue weighted by Gasteiger charge is 2.14. The predicted octanol–water partition coefficient (Wildman–Crippen LogP) is 0.311. The Bertz CT molecular complexity index is 346. The number of rotatable bonds is 7. The Morgan fingerprint density at radius 3 is 2.71 bits per heavy atom. The van der Waals surface area contributed by atoms with Crippen LogP contribution in [0.4, 0.5) is 4.39 Å². The Balaban J connectivity index is 2.49. The molecular weight excluding hydrogens is 226 g/mol. The van der Waals surface area contributed by atoms with Crippen molar-refractivity contribution in [3.8, 4) is 5.75 Å². The average molecular weight is 242 g/mol. The first-order valence-corrected chi connectivity index (χ1v) is 5.51. The van der Waals surface area contributed by atoms with Crippen molar-refractivity contribution in [3.05, 3.63) is 24.0 Å². The largest absolute Gasteiger partial charge is 0.490 e. The molecule has 17 heavy (non-hydrogen) atoms. The van der Waals surface area contributed by atoms with E-state index < -0.39 is 12.9 Å². The van der Waals surface area contributed by atoms with E-state index >= 15 is 0 Å². The molecule has 0 aliphatic rings. The number of benzene rings is 1. The lowest BCUT2D eigenvalue weighted by Gasteiger charge is -2.09. The van der Waals surface area contributed by atoms with Gasteiger partial charge in [-0.15, -0.1) is 0 Å². The molecule has 0 heterocycles. The third-order valence-electron chi connectivity index (χ3n) is 2.15. The third kappa shape index (κ3) is 4.72. The molecule has 0 aliphatic carbocycles. The summed E-state index contributed by atoms with van der Waals surface area (Å²) in [7, 11) is -1.62. The molecule has 0 radical (unpaired) electrons. The van der Waals surface area contributed by atoms with Gasteiger partial charge < -0.3 is 19.5 Å². The van der Waals surface area contributed by atoms with Crippen LogP contribution in [0.5, 0.6) is 5.75 Å². The zero-order valence-corrected chi connectivity index (χ0v) is 9.73. The van der Waals surface area contributed by atoms with E-state index in [0.717, 1.165) is 6.07 Å². The molecule has 0 bridgehead atoms. The minimum absolute atomic E-state index is 0.0205. The van der Waals surface area contributed by atoms with Gasteiger partial charge in [-0.05, 0) is 24.5 Å². The van der Waals surface area contributed by atoms with Gasteiger partial charge in [-0.3, -0.25) is 0 Å². The Morgan fingerprint density at radius 2 is 2.06 bits per heavy atom. The van der Waals surface area contributed by atoms with E-state index in [-0.39, 0.29) is 11.2 Å². The first kappa shape index (κ1) is 14.0. The second kappa shape index (κ2) is 7.27. The predicted molar refractivity (Wildman–Crippen MR) is 62.8 cm³/mol. The highest BCUT2D eigenvalue weighted by atomic mass is 19.1. The van der Waals surface area contributed by atoms with Crippen molar-refractivity contribution >= 4 is 12.6 Å². The van der Waals surface area contributed by atoms with Crippen LogP contribution in [0.2, 0.25) is 0 Å². The maximum absolute atomic E-state index is 13.3. The average Bonchev–Trinajstić information content (AvgIpc) is 2.30. The fourth-order valence-corrected chi connectivity index (χ4v) is 1.28. The summed E-state index contributed by atoms with van der Waals surface area (Å²) in [5, 5.41) is 17.9. The molecule has 0 fully saturated rings. The lowest BCUT2D eigenvalue weighted by atomic mass is 9.80. The molecule has 0 atom stereocenters. The van der Waals surface area contributed by atoms with Gasteiger partial charge in [-0.2, -0.15) is 0 Å². The number of ether oxygens (including phenoxy) is 2. The van der Waals surface area contributed by atoms with Gasteiger partial charge in [0.2, 0.25) is 0 Å². The Hall–Kier alpha value is -1.11. The Morgan fingerprint density at radius 1 is 1.29 bits per heavy atom. The minimum atomic E-state index is -1.62. The molecule has 94 valence electrons. The smallest absolute Gasteiger partial charge is 0.488 e. The summed E-state index contributed by atoms with van der Waals surface area (Å²) in [6.07, 6.45) is 0.652. The molecule has 0 amide bonds. The van der Waals surface area contributed by atoms with Crippen LogP contribution in [0.1, 0.15) is 13.3 Å². The molecule has 1 aromatic carbocycles. The summed E-state index contributed by atoms with van der Waals surface area (Å²) in [6.45, 7) is 3.41. The van der Waals surface area contributed by atoms with E-state index in [1.807, 2.05) is 6.92 Å². The zero-order valence-electron chi connectivity index (χ0n) is 9.73. The van der Waals surface area contributed by atoms with Crippen molar-refractivity contribution in [2.24, 2.45) is 0 Å². The van der Waals surface area contributed by atoms with E-state index in [0.29, 0.717) is 26.2 Å². The van der Waals surface area contributed by atoms with E-state index in [4.69, 9.17) is 19.5 Å². The fourth-order valence-electron chi connectivity index (χ4n) is 1.28. The first-order valence-electron chi connectivity index (χ1n) is 5.51. The van der Waals surface area contributed by atoms with Gasteiger partial charge in [-0.1, -0.05) is 6.07 Å². The first-order chi connectivity index (χ1) is 8.15. The lowest BCUT2D eigenvalue weighted by Crippen LogP contribution is -2.29. The molecule has 0 aromatic heterocycles. The second-order valence-electron chi connectivity index (χ2n) is 3.46. The highest BCUT2D eigenvalue weighted by molar-refractivity contribution is 6.58. The van der Waals surface area contributed by atoms with Crippen molar-refractivity contribution < 1.29 is 23.9 Å². The fraction of sp³-hybridized carbons (Fsp3) is 0.455. The Labute approximate surface area is 100 Å². The standard InChI is InChI=1S/C11H16BFO4/c1-2-16-6-3-7-17-11-8-9(12(14)15)4-5-10(11)13/h4-5,8,14-15H,2-3,6-7H2,1H3. The van der Waals surface area contributed by atoms with E-state index in [1.54, 1.807) is 0 Å². The molecule has 2 N–H and O–H groups in total. The number of hydrogen-bond donors (Lipinski definition) is 2. The second-order valence-corrected chi connectivity index (χ2v) is 3.46. The van der Waals surface area contributed by atoms with Crippen LogP contribution in [-0.2, 0) is 4.74 Å². The van der Waals surface area contributed by atoms with Crippen LogP contribution >= 0.6 is 0 Å². The molecule has 4 nitrogen and oxygen atoms in total. The van der Waals surface area contributed by atoms with Crippen molar-refractivity contribution in [3.63, 3.8) is 0 Å². The summed E-state index contributed by atoms with van der Waals surface area (Å²) in [6, 6.07) is 3.72. The van der Waals surface area contributed by atoms with Gasteiger partial charge in [0, 0.05) is 19.6 Å². The molecule has 6 heteroatoms. The van der Waals surface area contributed by atoms with Crippen LogP contribution in [0, 0.1) is 5.82 Å². The monoisotopic (exact) mass is 242 g/mol. The van der Waals surface area contributed by atoms with Gasteiger partial charge in [0.25, 0.3) is 0 Å². The van der Waals surface area contributed by atoms with Crippen molar-refractivity contribution in [1.29, 1.82) is 0 Å². The third-order valence-corrected chi connectivity index (χ3v) is 2.15. The molecular formula is C11H16BFO4. The van der Waals surface area contributed by atoms with Gasteiger partial charge in [0.15, 0.2) is 11.6 Å². The highest BCUT2D eigenvalue weighted by Crippen LogP contribution is 2.14. The molecule has 1 rings (SSSR count). The van der Waals surface area contributed by atoms with E-state index in [2.05, 4.69) is 0 Å². The summed E-state index contributed by atoms with van der Waals surface area (Å²) >= 11 is 0.